The van der Waals surface area contributed by atoms with Crippen LogP contribution < -0.4 is 20.5 Å². The SMILES string of the molecule is CC(C)(CCCCNc1ccc2c(c1)OCO2)/C(N)=N/O. The number of nitrogens with two attached hydrogens (primary N) is 1. The lowest BCUT2D eigenvalue weighted by Crippen LogP contribution is -2.31. The summed E-state index contributed by atoms with van der Waals surface area (Å²) in [5.41, 5.74) is 6.42. The van der Waals surface area contributed by atoms with E-state index in [1.165, 1.54) is 0 Å². The number of nitrogens with zero attached hydrogens (tertiary/aromatic N) is 1. The third-order valence-electron chi connectivity index (χ3n) is 3.73. The molecule has 0 fully saturated rings. The lowest BCUT2D eigenvalue weighted by Gasteiger charge is -2.22. The Balaban J connectivity index is 1.71. The molecule has 0 unspecified atom stereocenters. The van der Waals surface area contributed by atoms with Crippen LogP contribution >= 0.6 is 0 Å². The molecule has 6 nitrogen and oxygen atoms in total. The van der Waals surface area contributed by atoms with Gasteiger partial charge < -0.3 is 25.7 Å². The van der Waals surface area contributed by atoms with Crippen molar-refractivity contribution in [3.63, 3.8) is 0 Å². The molecule has 0 saturated carbocycles. The highest BCUT2D eigenvalue weighted by molar-refractivity contribution is 5.85. The van der Waals surface area contributed by atoms with Gasteiger partial charge in [-0.05, 0) is 25.0 Å². The molecule has 0 atom stereocenters. The normalized spacial score (nSPS) is 14.3. The molecule has 1 aromatic carbocycles. The number of hydrogen-bond donors (Lipinski definition) is 3. The molecule has 116 valence electrons. The summed E-state index contributed by atoms with van der Waals surface area (Å²) in [6, 6.07) is 5.84. The zero-order chi connectivity index (χ0) is 15.3. The second-order valence-electron chi connectivity index (χ2n) is 5.82. The predicted molar refractivity (Wildman–Crippen MR) is 82.1 cm³/mol. The van der Waals surface area contributed by atoms with Gasteiger partial charge in [0.1, 0.15) is 5.84 Å². The van der Waals surface area contributed by atoms with Gasteiger partial charge >= 0.3 is 0 Å². The summed E-state index contributed by atoms with van der Waals surface area (Å²) < 4.78 is 10.6. The summed E-state index contributed by atoms with van der Waals surface area (Å²) in [6.45, 7) is 5.12. The van der Waals surface area contributed by atoms with Crippen molar-refractivity contribution in [2.24, 2.45) is 16.3 Å². The van der Waals surface area contributed by atoms with E-state index in [-0.39, 0.29) is 11.3 Å². The van der Waals surface area contributed by atoms with Gasteiger partial charge in [-0.2, -0.15) is 0 Å². The molecule has 0 bridgehead atoms. The Kier molecular flexibility index (Phi) is 4.77. The first-order valence-electron chi connectivity index (χ1n) is 7.14. The Labute approximate surface area is 124 Å². The fourth-order valence-corrected chi connectivity index (χ4v) is 2.19. The van der Waals surface area contributed by atoms with E-state index in [1.54, 1.807) is 0 Å². The van der Waals surface area contributed by atoms with Gasteiger partial charge in [-0.25, -0.2) is 0 Å². The average Bonchev–Trinajstić information content (AvgIpc) is 2.93. The lowest BCUT2D eigenvalue weighted by atomic mass is 9.86. The van der Waals surface area contributed by atoms with Crippen LogP contribution in [0.15, 0.2) is 23.4 Å². The molecule has 1 aliphatic rings. The largest absolute Gasteiger partial charge is 0.454 e. The van der Waals surface area contributed by atoms with Crippen LogP contribution in [0.25, 0.3) is 0 Å². The van der Waals surface area contributed by atoms with Gasteiger partial charge in [0.15, 0.2) is 11.5 Å². The summed E-state index contributed by atoms with van der Waals surface area (Å²) in [6.07, 6.45) is 2.89. The minimum Gasteiger partial charge on any atom is -0.454 e. The maximum Gasteiger partial charge on any atom is 0.231 e. The molecule has 1 aromatic rings. The van der Waals surface area contributed by atoms with Crippen LogP contribution in [0.2, 0.25) is 0 Å². The number of amidine groups is 1. The molecular weight excluding hydrogens is 270 g/mol. The van der Waals surface area contributed by atoms with E-state index in [2.05, 4.69) is 10.5 Å². The van der Waals surface area contributed by atoms with Gasteiger partial charge in [0, 0.05) is 23.7 Å². The molecule has 21 heavy (non-hydrogen) atoms. The maximum atomic E-state index is 8.73. The van der Waals surface area contributed by atoms with Crippen molar-refractivity contribution < 1.29 is 14.7 Å². The molecular formula is C15H23N3O3. The molecule has 4 N–H and O–H groups in total. The smallest absolute Gasteiger partial charge is 0.231 e. The molecule has 2 rings (SSSR count). The number of hydrogen-bond acceptors (Lipinski definition) is 5. The van der Waals surface area contributed by atoms with Crippen molar-refractivity contribution in [3.05, 3.63) is 18.2 Å². The lowest BCUT2D eigenvalue weighted by molar-refractivity contribution is 0.174. The fraction of sp³-hybridized carbons (Fsp3) is 0.533. The van der Waals surface area contributed by atoms with Gasteiger partial charge in [0.25, 0.3) is 0 Å². The Hall–Kier alpha value is -2.11. The van der Waals surface area contributed by atoms with Crippen LogP contribution in [0, 0.1) is 5.41 Å². The number of fused-ring (bicyclic) bond motifs is 1. The fourth-order valence-electron chi connectivity index (χ4n) is 2.19. The molecule has 0 saturated heterocycles. The molecule has 0 radical (unpaired) electrons. The molecule has 0 aromatic heterocycles. The first-order valence-corrected chi connectivity index (χ1v) is 7.14. The van der Waals surface area contributed by atoms with Crippen LogP contribution in [0.1, 0.15) is 33.1 Å². The average molecular weight is 293 g/mol. The van der Waals surface area contributed by atoms with Crippen molar-refractivity contribution in [1.29, 1.82) is 0 Å². The summed E-state index contributed by atoms with van der Waals surface area (Å²) in [4.78, 5) is 0. The Morgan fingerprint density at radius 1 is 1.33 bits per heavy atom. The monoisotopic (exact) mass is 293 g/mol. The van der Waals surface area contributed by atoms with E-state index in [1.807, 2.05) is 32.0 Å². The van der Waals surface area contributed by atoms with Crippen molar-refractivity contribution in [2.45, 2.75) is 33.1 Å². The number of anilines is 1. The van der Waals surface area contributed by atoms with Gasteiger partial charge in [-0.3, -0.25) is 0 Å². The zero-order valence-electron chi connectivity index (χ0n) is 12.6. The second kappa shape index (κ2) is 6.56. The summed E-state index contributed by atoms with van der Waals surface area (Å²) in [5.74, 6) is 1.86. The molecule has 6 heteroatoms. The summed E-state index contributed by atoms with van der Waals surface area (Å²) in [7, 11) is 0. The highest BCUT2D eigenvalue weighted by Crippen LogP contribution is 2.34. The summed E-state index contributed by atoms with van der Waals surface area (Å²) in [5, 5.41) is 15.2. The zero-order valence-corrected chi connectivity index (χ0v) is 12.6. The van der Waals surface area contributed by atoms with Crippen molar-refractivity contribution >= 4 is 11.5 Å². The minimum absolute atomic E-state index is 0.270. The molecule has 0 aliphatic carbocycles. The van der Waals surface area contributed by atoms with Gasteiger partial charge in [-0.15, -0.1) is 0 Å². The first-order chi connectivity index (χ1) is 10.0. The van der Waals surface area contributed by atoms with E-state index in [4.69, 9.17) is 20.4 Å². The standard InChI is InChI=1S/C15H23N3O3/c1-15(2,14(16)18-19)7-3-4-8-17-11-5-6-12-13(9-11)21-10-20-12/h5-6,9,17,19H,3-4,7-8,10H2,1-2H3,(H2,16,18). The molecule has 0 amide bonds. The maximum absolute atomic E-state index is 8.73. The highest BCUT2D eigenvalue weighted by Gasteiger charge is 2.22. The third kappa shape index (κ3) is 3.93. The highest BCUT2D eigenvalue weighted by atomic mass is 16.7. The van der Waals surface area contributed by atoms with Gasteiger partial charge in [0.2, 0.25) is 6.79 Å². The number of rotatable bonds is 7. The van der Waals surface area contributed by atoms with Crippen LogP contribution in [0.4, 0.5) is 5.69 Å². The van der Waals surface area contributed by atoms with E-state index in [0.29, 0.717) is 6.79 Å². The minimum atomic E-state index is -0.270. The van der Waals surface area contributed by atoms with Gasteiger partial charge in [-0.1, -0.05) is 25.4 Å². The van der Waals surface area contributed by atoms with Crippen molar-refractivity contribution in [1.82, 2.24) is 0 Å². The van der Waals surface area contributed by atoms with Gasteiger partial charge in [0.05, 0.1) is 0 Å². The predicted octanol–water partition coefficient (Wildman–Crippen LogP) is 2.77. The van der Waals surface area contributed by atoms with E-state index in [0.717, 1.165) is 43.0 Å². The quantitative estimate of drug-likeness (QED) is 0.236. The number of oxime groups is 1. The molecule has 0 spiro atoms. The first kappa shape index (κ1) is 15.3. The Morgan fingerprint density at radius 2 is 2.10 bits per heavy atom. The molecule has 1 heterocycles. The number of nitrogens with one attached hydrogen (secondary N) is 1. The van der Waals surface area contributed by atoms with Crippen LogP contribution in [-0.4, -0.2) is 24.4 Å². The number of unbranched alkanes of at least 4 members (excludes halogenated alkanes) is 1. The molecule has 1 aliphatic heterocycles. The van der Waals surface area contributed by atoms with Crippen molar-refractivity contribution in [2.75, 3.05) is 18.7 Å². The van der Waals surface area contributed by atoms with Crippen molar-refractivity contribution in [3.8, 4) is 11.5 Å². The Morgan fingerprint density at radius 3 is 2.86 bits per heavy atom. The number of benzene rings is 1. The topological polar surface area (TPSA) is 89.1 Å². The van der Waals surface area contributed by atoms with Crippen LogP contribution in [-0.2, 0) is 0 Å². The van der Waals surface area contributed by atoms with E-state index < -0.39 is 0 Å². The Bertz CT molecular complexity index is 515. The van der Waals surface area contributed by atoms with Crippen LogP contribution in [0.3, 0.4) is 0 Å². The second-order valence-corrected chi connectivity index (χ2v) is 5.82. The third-order valence-corrected chi connectivity index (χ3v) is 3.73. The van der Waals surface area contributed by atoms with E-state index in [9.17, 15) is 0 Å². The van der Waals surface area contributed by atoms with Crippen LogP contribution in [0.5, 0.6) is 11.5 Å². The van der Waals surface area contributed by atoms with E-state index >= 15 is 0 Å². The number of ether oxygens (including phenoxy) is 2. The summed E-state index contributed by atoms with van der Waals surface area (Å²) >= 11 is 0.